The molecule has 10 nitrogen and oxygen atoms in total. The summed E-state index contributed by atoms with van der Waals surface area (Å²) in [5, 5.41) is 13.6. The maximum atomic E-state index is 11.2. The molecule has 0 atom stereocenters. The van der Waals surface area contributed by atoms with Gasteiger partial charge in [0.15, 0.2) is 0 Å². The Balaban J connectivity index is 0.000000152. The van der Waals surface area contributed by atoms with E-state index < -0.39 is 0 Å². The van der Waals surface area contributed by atoms with Crippen molar-refractivity contribution in [3.05, 3.63) is 81.7 Å². The van der Waals surface area contributed by atoms with Gasteiger partial charge in [0, 0.05) is 142 Å². The fraction of sp³-hybridized carbons (Fsp3) is 0.526. The average Bonchev–Trinajstić information content (AvgIpc) is 3.60. The van der Waals surface area contributed by atoms with E-state index in [-0.39, 0.29) is 10.6 Å². The number of fused-ring (bicyclic) bond motifs is 6. The number of aryl methyl sites for hydroxylation is 1. The van der Waals surface area contributed by atoms with Crippen LogP contribution in [0.15, 0.2) is 49.1 Å². The van der Waals surface area contributed by atoms with E-state index >= 15 is 0 Å². The molecule has 4 aliphatic rings. The molecular weight excluding hydrogens is 604 g/mol. The molecule has 6 heterocycles. The van der Waals surface area contributed by atoms with Crippen molar-refractivity contribution in [2.45, 2.75) is 90.1 Å². The van der Waals surface area contributed by atoms with Gasteiger partial charge in [0.1, 0.15) is 0 Å². The summed E-state index contributed by atoms with van der Waals surface area (Å²) in [6.07, 6.45) is 9.68. The zero-order chi connectivity index (χ0) is 33.2. The van der Waals surface area contributed by atoms with E-state index in [1.165, 1.54) is 59.2 Å². The zero-order valence-corrected chi connectivity index (χ0v) is 28.4. The molecular formula is C38H50N6O4. The fourth-order valence-corrected chi connectivity index (χ4v) is 8.60. The maximum absolute atomic E-state index is 11.2. The van der Waals surface area contributed by atoms with Gasteiger partial charge >= 0.3 is 0 Å². The summed E-state index contributed by atoms with van der Waals surface area (Å²) in [5.41, 5.74) is 15.1. The molecule has 0 spiro atoms. The zero-order valence-electron chi connectivity index (χ0n) is 28.4. The normalized spacial score (nSPS) is 19.5. The van der Waals surface area contributed by atoms with E-state index in [1.807, 2.05) is 18.2 Å². The summed E-state index contributed by atoms with van der Waals surface area (Å²) in [6, 6.07) is 12.9. The average molecular weight is 655 g/mol. The summed E-state index contributed by atoms with van der Waals surface area (Å²) in [6.45, 7) is 15.6. The van der Waals surface area contributed by atoms with E-state index in [0.29, 0.717) is 12.1 Å². The lowest BCUT2D eigenvalue weighted by molar-refractivity contribution is -0.384. The smallest absolute Gasteiger partial charge is 0.270 e. The van der Waals surface area contributed by atoms with Gasteiger partial charge in [-0.1, -0.05) is 13.0 Å². The number of nitrogens with two attached hydrogens (primary N) is 1. The van der Waals surface area contributed by atoms with Gasteiger partial charge in [-0.15, -0.1) is 6.58 Å². The second-order valence-corrected chi connectivity index (χ2v) is 13.8. The van der Waals surface area contributed by atoms with Gasteiger partial charge in [-0.2, -0.15) is 0 Å². The number of hydrogen-bond donors (Lipinski definition) is 1. The largest absolute Gasteiger partial charge is 0.399 e. The first-order chi connectivity index (χ1) is 23.5. The number of aromatic nitrogens is 2. The second kappa shape index (κ2) is 14.4. The SMILES string of the molecule is C=CCn1c2c(c3cc([N+](=O)[O-])ccc31)CN(C1CCOCC1)CC2.CCCn1c2c(c3cc(N)ccc31)CN(C1CCOCC1)CC2. The molecule has 0 aliphatic carbocycles. The highest BCUT2D eigenvalue weighted by Crippen LogP contribution is 2.36. The predicted octanol–water partition coefficient (Wildman–Crippen LogP) is 6.44. The van der Waals surface area contributed by atoms with Crippen LogP contribution in [-0.2, 0) is 48.5 Å². The minimum atomic E-state index is -0.310. The minimum absolute atomic E-state index is 0.161. The van der Waals surface area contributed by atoms with Crippen molar-refractivity contribution < 1.29 is 14.4 Å². The number of anilines is 1. The molecule has 4 aromatic rings. The van der Waals surface area contributed by atoms with E-state index in [4.69, 9.17) is 15.2 Å². The number of non-ortho nitro benzene ring substituents is 1. The van der Waals surface area contributed by atoms with Crippen LogP contribution >= 0.6 is 0 Å². The molecule has 4 aliphatic heterocycles. The van der Waals surface area contributed by atoms with Crippen LogP contribution in [0.3, 0.4) is 0 Å². The van der Waals surface area contributed by atoms with Gasteiger partial charge in [0.25, 0.3) is 5.69 Å². The Bertz CT molecular complexity index is 1780. The van der Waals surface area contributed by atoms with E-state index in [2.05, 4.69) is 44.6 Å². The molecule has 256 valence electrons. The molecule has 0 unspecified atom stereocenters. The second-order valence-electron chi connectivity index (χ2n) is 13.8. The minimum Gasteiger partial charge on any atom is -0.399 e. The number of nitrogen functional groups attached to an aromatic ring is 1. The highest BCUT2D eigenvalue weighted by molar-refractivity contribution is 5.89. The molecule has 2 aromatic carbocycles. The summed E-state index contributed by atoms with van der Waals surface area (Å²) >= 11 is 0. The van der Waals surface area contributed by atoms with Gasteiger partial charge < -0.3 is 24.3 Å². The van der Waals surface area contributed by atoms with Crippen LogP contribution in [-0.4, -0.2) is 75.5 Å². The maximum Gasteiger partial charge on any atom is 0.270 e. The van der Waals surface area contributed by atoms with Crippen molar-refractivity contribution in [3.63, 3.8) is 0 Å². The fourth-order valence-electron chi connectivity index (χ4n) is 8.60. The monoisotopic (exact) mass is 654 g/mol. The van der Waals surface area contributed by atoms with Gasteiger partial charge in [-0.05, 0) is 67.5 Å². The number of allylic oxidation sites excluding steroid dienone is 1. The van der Waals surface area contributed by atoms with E-state index in [9.17, 15) is 10.1 Å². The number of nitro groups is 1. The third kappa shape index (κ3) is 6.39. The number of nitro benzene ring substituents is 1. The first-order valence-corrected chi connectivity index (χ1v) is 17.9. The number of nitrogens with zero attached hydrogens (tertiary/aromatic N) is 5. The summed E-state index contributed by atoms with van der Waals surface area (Å²) < 4.78 is 15.8. The van der Waals surface area contributed by atoms with Gasteiger partial charge in [-0.3, -0.25) is 19.9 Å². The lowest BCUT2D eigenvalue weighted by Crippen LogP contribution is -2.42. The first kappa shape index (κ1) is 32.8. The standard InChI is InChI=1S/C19H23N3O3.C19H27N3O/c1-2-8-21-18-4-3-15(22(23)24)12-16(18)17-13-20(9-5-19(17)21)14-6-10-25-11-7-14;1-2-8-22-18-4-3-14(20)12-16(18)17-13-21(9-5-19(17)22)15-6-10-23-11-7-15/h2-4,12,14H,1,5-11,13H2;3-4,12,15H,2,5-11,13,20H2,1H3. The Labute approximate surface area is 283 Å². The molecule has 2 fully saturated rings. The topological polar surface area (TPSA) is 104 Å². The third-order valence-electron chi connectivity index (χ3n) is 11.0. The lowest BCUT2D eigenvalue weighted by Gasteiger charge is -2.37. The number of benzene rings is 2. The Morgan fingerprint density at radius 2 is 1.40 bits per heavy atom. The summed E-state index contributed by atoms with van der Waals surface area (Å²) in [5.74, 6) is 0. The molecule has 2 saturated heterocycles. The number of hydrogen-bond acceptors (Lipinski definition) is 7. The molecule has 2 aromatic heterocycles. The molecule has 0 amide bonds. The van der Waals surface area contributed by atoms with Crippen molar-refractivity contribution in [1.82, 2.24) is 18.9 Å². The Morgan fingerprint density at radius 1 is 0.854 bits per heavy atom. The highest BCUT2D eigenvalue weighted by atomic mass is 16.6. The van der Waals surface area contributed by atoms with Crippen LogP contribution in [0.1, 0.15) is 61.5 Å². The van der Waals surface area contributed by atoms with Crippen molar-refractivity contribution in [2.24, 2.45) is 0 Å². The van der Waals surface area contributed by atoms with Crippen molar-refractivity contribution in [3.8, 4) is 0 Å². The van der Waals surface area contributed by atoms with E-state index in [1.54, 1.807) is 12.1 Å². The Morgan fingerprint density at radius 3 is 1.96 bits per heavy atom. The van der Waals surface area contributed by atoms with Crippen LogP contribution in [0.5, 0.6) is 0 Å². The highest BCUT2D eigenvalue weighted by Gasteiger charge is 2.31. The van der Waals surface area contributed by atoms with Crippen LogP contribution in [0, 0.1) is 10.1 Å². The van der Waals surface area contributed by atoms with E-state index in [0.717, 1.165) is 101 Å². The van der Waals surface area contributed by atoms with Gasteiger partial charge in [-0.25, -0.2) is 0 Å². The molecule has 2 N–H and O–H groups in total. The van der Waals surface area contributed by atoms with Crippen LogP contribution < -0.4 is 5.73 Å². The number of rotatable bonds is 7. The van der Waals surface area contributed by atoms with Crippen LogP contribution in [0.2, 0.25) is 0 Å². The predicted molar refractivity (Wildman–Crippen MR) is 191 cm³/mol. The van der Waals surface area contributed by atoms with Crippen molar-refractivity contribution in [2.75, 3.05) is 45.3 Å². The summed E-state index contributed by atoms with van der Waals surface area (Å²) in [4.78, 5) is 16.1. The number of ether oxygens (including phenoxy) is 2. The first-order valence-electron chi connectivity index (χ1n) is 17.9. The molecule has 8 rings (SSSR count). The molecule has 10 heteroatoms. The Hall–Kier alpha value is -3.70. The van der Waals surface area contributed by atoms with Gasteiger partial charge in [0.05, 0.1) is 4.92 Å². The Kier molecular flexibility index (Phi) is 9.86. The third-order valence-corrected chi connectivity index (χ3v) is 11.0. The van der Waals surface area contributed by atoms with Crippen molar-refractivity contribution in [1.29, 1.82) is 0 Å². The molecule has 0 bridgehead atoms. The summed E-state index contributed by atoms with van der Waals surface area (Å²) in [7, 11) is 0. The van der Waals surface area contributed by atoms with Crippen LogP contribution in [0.4, 0.5) is 11.4 Å². The van der Waals surface area contributed by atoms with Crippen LogP contribution in [0.25, 0.3) is 21.8 Å². The molecule has 0 saturated carbocycles. The lowest BCUT2D eigenvalue weighted by atomic mass is 9.99. The quantitative estimate of drug-likeness (QED) is 0.106. The van der Waals surface area contributed by atoms with Crippen molar-refractivity contribution >= 4 is 33.2 Å². The van der Waals surface area contributed by atoms with Gasteiger partial charge in [0.2, 0.25) is 0 Å². The molecule has 0 radical (unpaired) electrons. The molecule has 48 heavy (non-hydrogen) atoms.